The Bertz CT molecular complexity index is 838. The van der Waals surface area contributed by atoms with Crippen molar-refractivity contribution in [2.24, 2.45) is 13.0 Å². The molecule has 0 radical (unpaired) electrons. The lowest BCUT2D eigenvalue weighted by Crippen LogP contribution is -2.17. The Labute approximate surface area is 128 Å². The Morgan fingerprint density at radius 3 is 2.64 bits per heavy atom. The second-order valence-electron chi connectivity index (χ2n) is 5.83. The van der Waals surface area contributed by atoms with E-state index in [1.807, 2.05) is 54.1 Å². The Morgan fingerprint density at radius 1 is 1.14 bits per heavy atom. The number of para-hydroxylation sites is 2. The lowest BCUT2D eigenvalue weighted by atomic mass is 10.1. The van der Waals surface area contributed by atoms with Gasteiger partial charge in [-0.1, -0.05) is 42.5 Å². The fraction of sp³-hybridized carbons (Fsp3) is 0.222. The molecule has 2 aromatic carbocycles. The van der Waals surface area contributed by atoms with Gasteiger partial charge in [0.15, 0.2) is 0 Å². The van der Waals surface area contributed by atoms with Crippen molar-refractivity contribution in [1.82, 2.24) is 9.55 Å². The second kappa shape index (κ2) is 4.98. The van der Waals surface area contributed by atoms with Gasteiger partial charge >= 0.3 is 0 Å². The molecule has 0 aliphatic heterocycles. The van der Waals surface area contributed by atoms with E-state index in [2.05, 4.69) is 22.4 Å². The van der Waals surface area contributed by atoms with Crippen molar-refractivity contribution in [2.75, 3.05) is 5.32 Å². The molecule has 0 bridgehead atoms. The molecule has 2 unspecified atom stereocenters. The van der Waals surface area contributed by atoms with Crippen molar-refractivity contribution in [3.8, 4) is 0 Å². The van der Waals surface area contributed by atoms with Gasteiger partial charge in [-0.2, -0.15) is 0 Å². The van der Waals surface area contributed by atoms with Crippen molar-refractivity contribution < 1.29 is 4.79 Å². The normalized spacial score (nSPS) is 20.0. The highest BCUT2D eigenvalue weighted by Gasteiger charge is 2.44. The summed E-state index contributed by atoms with van der Waals surface area (Å²) < 4.78 is 1.92. The van der Waals surface area contributed by atoms with E-state index in [-0.39, 0.29) is 11.8 Å². The molecule has 1 aromatic heterocycles. The number of imidazole rings is 1. The molecular weight excluding hydrogens is 274 g/mol. The minimum Gasteiger partial charge on any atom is -0.313 e. The maximum Gasteiger partial charge on any atom is 0.230 e. The zero-order valence-corrected chi connectivity index (χ0v) is 12.4. The Morgan fingerprint density at radius 2 is 1.86 bits per heavy atom. The minimum absolute atomic E-state index is 0.0576. The molecule has 0 spiro atoms. The molecule has 1 amide bonds. The largest absolute Gasteiger partial charge is 0.313 e. The summed E-state index contributed by atoms with van der Waals surface area (Å²) in [7, 11) is 1.92. The predicted octanol–water partition coefficient (Wildman–Crippen LogP) is 3.32. The molecule has 1 fully saturated rings. The zero-order valence-electron chi connectivity index (χ0n) is 12.4. The molecule has 0 saturated heterocycles. The van der Waals surface area contributed by atoms with Crippen LogP contribution in [0.15, 0.2) is 54.6 Å². The molecule has 1 aliphatic carbocycles. The van der Waals surface area contributed by atoms with E-state index < -0.39 is 0 Å². The predicted molar refractivity (Wildman–Crippen MR) is 86.6 cm³/mol. The van der Waals surface area contributed by atoms with Crippen LogP contribution in [0.25, 0.3) is 11.0 Å². The Hall–Kier alpha value is -2.62. The molecule has 1 saturated carbocycles. The summed E-state index contributed by atoms with van der Waals surface area (Å²) in [6, 6.07) is 18.1. The van der Waals surface area contributed by atoms with Crippen LogP contribution in [-0.4, -0.2) is 15.5 Å². The van der Waals surface area contributed by atoms with E-state index in [1.54, 1.807) is 0 Å². The van der Waals surface area contributed by atoms with Crippen LogP contribution in [0.3, 0.4) is 0 Å². The van der Waals surface area contributed by atoms with Crippen LogP contribution in [0.5, 0.6) is 0 Å². The number of fused-ring (bicyclic) bond motifs is 1. The molecule has 1 heterocycles. The number of nitrogens with one attached hydrogen (secondary N) is 1. The summed E-state index contributed by atoms with van der Waals surface area (Å²) in [4.78, 5) is 16.9. The Balaban J connectivity index is 1.52. The third kappa shape index (κ3) is 2.17. The molecule has 4 nitrogen and oxygen atoms in total. The van der Waals surface area contributed by atoms with Gasteiger partial charge in [-0.3, -0.25) is 10.1 Å². The van der Waals surface area contributed by atoms with Crippen LogP contribution in [0.2, 0.25) is 0 Å². The van der Waals surface area contributed by atoms with Crippen molar-refractivity contribution in [1.29, 1.82) is 0 Å². The van der Waals surface area contributed by atoms with Gasteiger partial charge in [0.2, 0.25) is 11.9 Å². The quantitative estimate of drug-likeness (QED) is 0.804. The second-order valence-corrected chi connectivity index (χ2v) is 5.83. The monoisotopic (exact) mass is 291 g/mol. The number of rotatable bonds is 3. The van der Waals surface area contributed by atoms with Gasteiger partial charge in [0.1, 0.15) is 0 Å². The zero-order chi connectivity index (χ0) is 15.1. The van der Waals surface area contributed by atoms with Crippen molar-refractivity contribution in [3.63, 3.8) is 0 Å². The number of anilines is 1. The van der Waals surface area contributed by atoms with E-state index in [9.17, 15) is 4.79 Å². The molecule has 3 aromatic rings. The summed E-state index contributed by atoms with van der Waals surface area (Å²) in [5.41, 5.74) is 3.16. The maximum absolute atomic E-state index is 12.4. The summed E-state index contributed by atoms with van der Waals surface area (Å²) in [6.45, 7) is 0. The van der Waals surface area contributed by atoms with Crippen LogP contribution in [0.1, 0.15) is 17.9 Å². The molecule has 4 rings (SSSR count). The fourth-order valence-electron chi connectivity index (χ4n) is 3.01. The lowest BCUT2D eigenvalue weighted by molar-refractivity contribution is -0.117. The number of aromatic nitrogens is 2. The SMILES string of the molecule is Cn1c(NC(=O)C2CC2c2ccccc2)nc2ccccc21. The van der Waals surface area contributed by atoms with Crippen LogP contribution >= 0.6 is 0 Å². The fourth-order valence-corrected chi connectivity index (χ4v) is 3.01. The first-order chi connectivity index (χ1) is 10.7. The van der Waals surface area contributed by atoms with Gasteiger partial charge in [-0.25, -0.2) is 4.98 Å². The number of amides is 1. The molecule has 1 N–H and O–H groups in total. The van der Waals surface area contributed by atoms with Gasteiger partial charge in [-0.05, 0) is 30.0 Å². The first kappa shape index (κ1) is 13.1. The summed E-state index contributed by atoms with van der Waals surface area (Å²) in [5, 5.41) is 2.97. The average molecular weight is 291 g/mol. The number of nitrogens with zero attached hydrogens (tertiary/aromatic N) is 2. The molecule has 2 atom stereocenters. The van der Waals surface area contributed by atoms with E-state index in [0.29, 0.717) is 11.9 Å². The molecule has 110 valence electrons. The topological polar surface area (TPSA) is 46.9 Å². The standard InChI is InChI=1S/C18H17N3O/c1-21-16-10-6-5-9-15(16)19-18(21)20-17(22)14-11-13(14)12-7-3-2-4-8-12/h2-10,13-14H,11H2,1H3,(H,19,20,22). The third-order valence-corrected chi connectivity index (χ3v) is 4.38. The minimum atomic E-state index is 0.0576. The van der Waals surface area contributed by atoms with Gasteiger partial charge in [-0.15, -0.1) is 0 Å². The molecule has 1 aliphatic rings. The van der Waals surface area contributed by atoms with Gasteiger partial charge in [0.25, 0.3) is 0 Å². The van der Waals surface area contributed by atoms with Crippen molar-refractivity contribution in [2.45, 2.75) is 12.3 Å². The highest BCUT2D eigenvalue weighted by atomic mass is 16.2. The number of hydrogen-bond donors (Lipinski definition) is 1. The van der Waals surface area contributed by atoms with Crippen LogP contribution in [-0.2, 0) is 11.8 Å². The third-order valence-electron chi connectivity index (χ3n) is 4.38. The van der Waals surface area contributed by atoms with E-state index in [1.165, 1.54) is 5.56 Å². The van der Waals surface area contributed by atoms with Crippen molar-refractivity contribution >= 4 is 22.9 Å². The Kier molecular flexibility index (Phi) is 2.96. The van der Waals surface area contributed by atoms with Crippen LogP contribution in [0, 0.1) is 5.92 Å². The van der Waals surface area contributed by atoms with Gasteiger partial charge < -0.3 is 4.57 Å². The van der Waals surface area contributed by atoms with Crippen LogP contribution in [0.4, 0.5) is 5.95 Å². The highest BCUT2D eigenvalue weighted by Crippen LogP contribution is 2.47. The number of carbonyl (C=O) groups excluding carboxylic acids is 1. The number of aryl methyl sites for hydroxylation is 1. The van der Waals surface area contributed by atoms with E-state index in [0.717, 1.165) is 17.5 Å². The van der Waals surface area contributed by atoms with Gasteiger partial charge in [0.05, 0.1) is 11.0 Å². The first-order valence-electron chi connectivity index (χ1n) is 7.51. The lowest BCUT2D eigenvalue weighted by Gasteiger charge is -2.05. The number of carbonyl (C=O) groups is 1. The summed E-state index contributed by atoms with van der Waals surface area (Å²) in [6.07, 6.45) is 0.916. The maximum atomic E-state index is 12.4. The molecular formula is C18H17N3O. The molecule has 4 heteroatoms. The summed E-state index contributed by atoms with van der Waals surface area (Å²) >= 11 is 0. The van der Waals surface area contributed by atoms with E-state index >= 15 is 0 Å². The number of hydrogen-bond acceptors (Lipinski definition) is 2. The van der Waals surface area contributed by atoms with Crippen molar-refractivity contribution in [3.05, 3.63) is 60.2 Å². The molecule has 22 heavy (non-hydrogen) atoms. The summed E-state index contributed by atoms with van der Waals surface area (Å²) in [5.74, 6) is 1.08. The highest BCUT2D eigenvalue weighted by molar-refractivity contribution is 5.95. The number of benzene rings is 2. The average Bonchev–Trinajstić information content (AvgIpc) is 3.30. The smallest absolute Gasteiger partial charge is 0.230 e. The first-order valence-corrected chi connectivity index (χ1v) is 7.51. The van der Waals surface area contributed by atoms with Crippen LogP contribution < -0.4 is 5.32 Å². The van der Waals surface area contributed by atoms with E-state index in [4.69, 9.17) is 0 Å². The van der Waals surface area contributed by atoms with Gasteiger partial charge in [0, 0.05) is 13.0 Å².